The minimum absolute atomic E-state index is 0.0412. The first-order chi connectivity index (χ1) is 14.5. The molecular weight excluding hydrogens is 404 g/mol. The second kappa shape index (κ2) is 8.20. The third-order valence-electron chi connectivity index (χ3n) is 4.90. The Bertz CT molecular complexity index is 1110. The number of halogens is 1. The van der Waals surface area contributed by atoms with Gasteiger partial charge in [-0.1, -0.05) is 35.9 Å². The summed E-state index contributed by atoms with van der Waals surface area (Å²) >= 11 is 5.99. The molecule has 1 aliphatic rings. The number of amides is 2. The van der Waals surface area contributed by atoms with Gasteiger partial charge in [-0.15, -0.1) is 0 Å². The summed E-state index contributed by atoms with van der Waals surface area (Å²) in [7, 11) is 0. The number of fused-ring (bicyclic) bond motifs is 1. The SMILES string of the molecule is CCOc1ccccc1NC(=O)CC1C(=O)Nc2c(-c3ccc(Cl)cc3)c(C)nn21. The third-order valence-corrected chi connectivity index (χ3v) is 5.15. The highest BCUT2D eigenvalue weighted by Gasteiger charge is 2.36. The molecule has 2 amide bonds. The molecule has 0 spiro atoms. The van der Waals surface area contributed by atoms with Gasteiger partial charge < -0.3 is 15.4 Å². The van der Waals surface area contributed by atoms with E-state index in [9.17, 15) is 9.59 Å². The molecule has 0 bridgehead atoms. The highest BCUT2D eigenvalue weighted by Crippen LogP contribution is 2.38. The number of aromatic nitrogens is 2. The minimum atomic E-state index is -0.723. The molecular formula is C22H21ClN4O3. The number of ether oxygens (including phenoxy) is 1. The maximum absolute atomic E-state index is 12.7. The Morgan fingerprint density at radius 2 is 1.97 bits per heavy atom. The number of carbonyl (C=O) groups excluding carboxylic acids is 2. The Balaban J connectivity index is 1.56. The number of hydrogen-bond donors (Lipinski definition) is 2. The third kappa shape index (κ3) is 3.76. The largest absolute Gasteiger partial charge is 0.492 e. The van der Waals surface area contributed by atoms with E-state index in [1.165, 1.54) is 0 Å². The van der Waals surface area contributed by atoms with Gasteiger partial charge in [0.1, 0.15) is 17.6 Å². The number of anilines is 2. The number of carbonyl (C=O) groups is 2. The number of para-hydroxylation sites is 2. The summed E-state index contributed by atoms with van der Waals surface area (Å²) in [6.45, 7) is 4.24. The van der Waals surface area contributed by atoms with Crippen LogP contribution in [-0.2, 0) is 9.59 Å². The van der Waals surface area contributed by atoms with Crippen molar-refractivity contribution >= 4 is 34.9 Å². The van der Waals surface area contributed by atoms with Crippen LogP contribution in [0.15, 0.2) is 48.5 Å². The Hall–Kier alpha value is -3.32. The second-order valence-corrected chi connectivity index (χ2v) is 7.38. The van der Waals surface area contributed by atoms with Crippen molar-refractivity contribution in [2.45, 2.75) is 26.3 Å². The van der Waals surface area contributed by atoms with Crippen molar-refractivity contribution in [3.8, 4) is 16.9 Å². The predicted octanol–water partition coefficient (Wildman–Crippen LogP) is 4.43. The van der Waals surface area contributed by atoms with Crippen molar-refractivity contribution in [2.24, 2.45) is 0 Å². The number of rotatable bonds is 6. The molecule has 7 nitrogen and oxygen atoms in total. The molecule has 4 rings (SSSR count). The molecule has 8 heteroatoms. The molecule has 2 heterocycles. The summed E-state index contributed by atoms with van der Waals surface area (Å²) in [5, 5.41) is 10.9. The maximum Gasteiger partial charge on any atom is 0.251 e. The van der Waals surface area contributed by atoms with Crippen LogP contribution in [0.2, 0.25) is 5.02 Å². The predicted molar refractivity (Wildman–Crippen MR) is 116 cm³/mol. The van der Waals surface area contributed by atoms with Crippen LogP contribution in [0.3, 0.4) is 0 Å². The summed E-state index contributed by atoms with van der Waals surface area (Å²) in [4.78, 5) is 25.3. The lowest BCUT2D eigenvalue weighted by Crippen LogP contribution is -2.24. The van der Waals surface area contributed by atoms with Gasteiger partial charge in [-0.05, 0) is 43.7 Å². The summed E-state index contributed by atoms with van der Waals surface area (Å²) in [6.07, 6.45) is -0.0412. The van der Waals surface area contributed by atoms with E-state index >= 15 is 0 Å². The van der Waals surface area contributed by atoms with Crippen molar-refractivity contribution in [1.82, 2.24) is 9.78 Å². The van der Waals surface area contributed by atoms with Crippen LogP contribution < -0.4 is 15.4 Å². The first kappa shape index (κ1) is 20.0. The lowest BCUT2D eigenvalue weighted by molar-refractivity contribution is -0.123. The van der Waals surface area contributed by atoms with Gasteiger partial charge in [-0.2, -0.15) is 5.10 Å². The number of nitrogens with zero attached hydrogens (tertiary/aromatic N) is 2. The zero-order valence-corrected chi connectivity index (χ0v) is 17.4. The molecule has 2 aromatic carbocycles. The highest BCUT2D eigenvalue weighted by molar-refractivity contribution is 6.30. The van der Waals surface area contributed by atoms with Crippen LogP contribution in [-0.4, -0.2) is 28.2 Å². The van der Waals surface area contributed by atoms with Crippen LogP contribution in [0.1, 0.15) is 25.1 Å². The Labute approximate surface area is 179 Å². The first-order valence-electron chi connectivity index (χ1n) is 9.65. The van der Waals surface area contributed by atoms with Gasteiger partial charge in [0, 0.05) is 10.6 Å². The van der Waals surface area contributed by atoms with Crippen LogP contribution in [0.25, 0.3) is 11.1 Å². The van der Waals surface area contributed by atoms with Crippen molar-refractivity contribution in [3.63, 3.8) is 0 Å². The number of nitrogens with one attached hydrogen (secondary N) is 2. The molecule has 0 fully saturated rings. The molecule has 30 heavy (non-hydrogen) atoms. The molecule has 1 atom stereocenters. The van der Waals surface area contributed by atoms with Crippen LogP contribution >= 0.6 is 11.6 Å². The van der Waals surface area contributed by atoms with E-state index in [1.807, 2.05) is 38.1 Å². The van der Waals surface area contributed by atoms with Crippen molar-refractivity contribution in [1.29, 1.82) is 0 Å². The number of hydrogen-bond acceptors (Lipinski definition) is 4. The van der Waals surface area contributed by atoms with Gasteiger partial charge >= 0.3 is 0 Å². The lowest BCUT2D eigenvalue weighted by Gasteiger charge is -2.13. The molecule has 2 N–H and O–H groups in total. The van der Waals surface area contributed by atoms with Crippen LogP contribution in [0, 0.1) is 6.92 Å². The van der Waals surface area contributed by atoms with Gasteiger partial charge in [-0.25, -0.2) is 4.68 Å². The Morgan fingerprint density at radius 3 is 2.70 bits per heavy atom. The number of benzene rings is 2. The fourth-order valence-corrected chi connectivity index (χ4v) is 3.70. The zero-order valence-electron chi connectivity index (χ0n) is 16.6. The fourth-order valence-electron chi connectivity index (χ4n) is 3.57. The smallest absolute Gasteiger partial charge is 0.251 e. The van der Waals surface area contributed by atoms with Crippen molar-refractivity contribution in [2.75, 3.05) is 17.2 Å². The van der Waals surface area contributed by atoms with Crippen LogP contribution in [0.4, 0.5) is 11.5 Å². The van der Waals surface area contributed by atoms with E-state index in [4.69, 9.17) is 16.3 Å². The van der Waals surface area contributed by atoms with Crippen molar-refractivity contribution < 1.29 is 14.3 Å². The standard InChI is InChI=1S/C22H21ClN4O3/c1-3-30-18-7-5-4-6-16(18)24-19(28)12-17-22(29)25-21-20(13(2)26-27(17)21)14-8-10-15(23)11-9-14/h4-11,17H,3,12H2,1-2H3,(H,24,28)(H,25,29). The molecule has 154 valence electrons. The molecule has 0 saturated carbocycles. The van der Waals surface area contributed by atoms with E-state index in [1.54, 1.807) is 28.9 Å². The zero-order chi connectivity index (χ0) is 21.3. The van der Waals surface area contributed by atoms with Crippen LogP contribution in [0.5, 0.6) is 5.75 Å². The maximum atomic E-state index is 12.7. The normalized spacial score (nSPS) is 14.9. The summed E-state index contributed by atoms with van der Waals surface area (Å²) < 4.78 is 7.13. The van der Waals surface area contributed by atoms with E-state index in [0.717, 1.165) is 16.8 Å². The topological polar surface area (TPSA) is 85.2 Å². The van der Waals surface area contributed by atoms with Gasteiger partial charge in [0.25, 0.3) is 5.91 Å². The fraction of sp³-hybridized carbons (Fsp3) is 0.227. The monoisotopic (exact) mass is 424 g/mol. The summed E-state index contributed by atoms with van der Waals surface area (Å²) in [6, 6.07) is 13.8. The molecule has 0 radical (unpaired) electrons. The van der Waals surface area contributed by atoms with E-state index in [-0.39, 0.29) is 18.2 Å². The average Bonchev–Trinajstić information content (AvgIpc) is 3.18. The van der Waals surface area contributed by atoms with E-state index in [2.05, 4.69) is 15.7 Å². The molecule has 1 unspecified atom stereocenters. The molecule has 1 aromatic heterocycles. The Kier molecular flexibility index (Phi) is 5.46. The summed E-state index contributed by atoms with van der Waals surface area (Å²) in [5.74, 6) is 0.620. The quantitative estimate of drug-likeness (QED) is 0.612. The lowest BCUT2D eigenvalue weighted by atomic mass is 10.1. The van der Waals surface area contributed by atoms with Gasteiger partial charge in [-0.3, -0.25) is 9.59 Å². The van der Waals surface area contributed by atoms with E-state index in [0.29, 0.717) is 28.9 Å². The molecule has 3 aromatic rings. The van der Waals surface area contributed by atoms with E-state index < -0.39 is 6.04 Å². The highest BCUT2D eigenvalue weighted by atomic mass is 35.5. The molecule has 0 saturated heterocycles. The average molecular weight is 425 g/mol. The molecule has 0 aliphatic carbocycles. The second-order valence-electron chi connectivity index (χ2n) is 6.95. The first-order valence-corrected chi connectivity index (χ1v) is 10.0. The summed E-state index contributed by atoms with van der Waals surface area (Å²) in [5.41, 5.74) is 3.06. The van der Waals surface area contributed by atoms with Gasteiger partial charge in [0.05, 0.1) is 24.4 Å². The van der Waals surface area contributed by atoms with Crippen molar-refractivity contribution in [3.05, 3.63) is 59.2 Å². The number of aryl methyl sites for hydroxylation is 1. The molecule has 1 aliphatic heterocycles. The van der Waals surface area contributed by atoms with Gasteiger partial charge in [0.15, 0.2) is 0 Å². The van der Waals surface area contributed by atoms with Gasteiger partial charge in [0.2, 0.25) is 5.91 Å². The minimum Gasteiger partial charge on any atom is -0.492 e. The Morgan fingerprint density at radius 1 is 1.23 bits per heavy atom.